The summed E-state index contributed by atoms with van der Waals surface area (Å²) in [4.78, 5) is 37.2. The van der Waals surface area contributed by atoms with E-state index < -0.39 is 5.97 Å². The van der Waals surface area contributed by atoms with Crippen molar-refractivity contribution in [3.63, 3.8) is 0 Å². The van der Waals surface area contributed by atoms with Crippen LogP contribution in [0.5, 0.6) is 0 Å². The Kier molecular flexibility index (Phi) is 7.06. The zero-order valence-electron chi connectivity index (χ0n) is 14.4. The van der Waals surface area contributed by atoms with Gasteiger partial charge < -0.3 is 10.1 Å². The van der Waals surface area contributed by atoms with Crippen LogP contribution in [0.2, 0.25) is 0 Å². The topological polar surface area (TPSA) is 75.7 Å². The molecule has 1 aliphatic rings. The molecule has 0 bridgehead atoms. The number of hydrogen-bond acceptors (Lipinski definition) is 5. The molecule has 1 aliphatic heterocycles. The molecule has 134 valence electrons. The lowest BCUT2D eigenvalue weighted by atomic mass is 10.2. The number of nitrogens with one attached hydrogen (secondary N) is 1. The maximum atomic E-state index is 12.0. The summed E-state index contributed by atoms with van der Waals surface area (Å²) < 4.78 is 5.19. The van der Waals surface area contributed by atoms with E-state index in [1.54, 1.807) is 0 Å². The summed E-state index contributed by atoms with van der Waals surface area (Å²) in [6.07, 6.45) is 1.27. The Morgan fingerprint density at radius 1 is 1.32 bits per heavy atom. The number of rotatable bonds is 7. The van der Waals surface area contributed by atoms with Crippen molar-refractivity contribution in [3.8, 4) is 0 Å². The lowest BCUT2D eigenvalue weighted by Gasteiger charge is -2.17. The molecule has 0 radical (unpaired) electrons. The van der Waals surface area contributed by atoms with Gasteiger partial charge in [0.1, 0.15) is 13.2 Å². The van der Waals surface area contributed by atoms with Crippen molar-refractivity contribution in [3.05, 3.63) is 47.0 Å². The number of ether oxygens (including phenoxy) is 1. The van der Waals surface area contributed by atoms with Gasteiger partial charge in [0.05, 0.1) is 16.9 Å². The highest BCUT2D eigenvalue weighted by atomic mass is 32.2. The van der Waals surface area contributed by atoms with Gasteiger partial charge in [-0.2, -0.15) is 0 Å². The number of esters is 1. The molecule has 1 aromatic rings. The summed E-state index contributed by atoms with van der Waals surface area (Å²) in [5, 5.41) is 3.21. The van der Waals surface area contributed by atoms with Crippen LogP contribution in [0.25, 0.3) is 0 Å². The minimum absolute atomic E-state index is 0.0870. The molecule has 2 amide bonds. The summed E-state index contributed by atoms with van der Waals surface area (Å²) in [7, 11) is 0. The van der Waals surface area contributed by atoms with Crippen molar-refractivity contribution in [1.29, 1.82) is 0 Å². The SMILES string of the molecule is CC(C)CNC(=O)CN1C(=O)CS/C1=C/C(=O)OCc1ccccc1. The highest BCUT2D eigenvalue weighted by Gasteiger charge is 2.29. The molecule has 2 rings (SSSR count). The second kappa shape index (κ2) is 9.27. The standard InChI is InChI=1S/C18H22N2O4S/c1-13(2)9-19-15(21)10-20-16(22)12-25-17(20)8-18(23)24-11-14-6-4-3-5-7-14/h3-8,13H,9-12H2,1-2H3,(H,19,21)/b17-8+. The van der Waals surface area contributed by atoms with E-state index in [-0.39, 0.29) is 30.7 Å². The zero-order chi connectivity index (χ0) is 18.2. The lowest BCUT2D eigenvalue weighted by Crippen LogP contribution is -2.38. The van der Waals surface area contributed by atoms with Gasteiger partial charge in [-0.05, 0) is 11.5 Å². The Morgan fingerprint density at radius 3 is 2.72 bits per heavy atom. The first-order valence-corrected chi connectivity index (χ1v) is 9.06. The van der Waals surface area contributed by atoms with Crippen molar-refractivity contribution in [2.45, 2.75) is 20.5 Å². The van der Waals surface area contributed by atoms with Crippen LogP contribution in [0, 0.1) is 5.92 Å². The van der Waals surface area contributed by atoms with E-state index in [4.69, 9.17) is 4.74 Å². The molecule has 1 fully saturated rings. The van der Waals surface area contributed by atoms with Crippen molar-refractivity contribution in [2.75, 3.05) is 18.8 Å². The van der Waals surface area contributed by atoms with Crippen LogP contribution >= 0.6 is 11.8 Å². The van der Waals surface area contributed by atoms with Crippen LogP contribution in [0.4, 0.5) is 0 Å². The van der Waals surface area contributed by atoms with Gasteiger partial charge >= 0.3 is 5.97 Å². The predicted molar refractivity (Wildman–Crippen MR) is 96.3 cm³/mol. The second-order valence-corrected chi connectivity index (χ2v) is 7.04. The van der Waals surface area contributed by atoms with Crippen LogP contribution in [0.1, 0.15) is 19.4 Å². The van der Waals surface area contributed by atoms with Gasteiger partial charge in [-0.3, -0.25) is 14.5 Å². The van der Waals surface area contributed by atoms with Gasteiger partial charge in [-0.25, -0.2) is 4.79 Å². The Hall–Kier alpha value is -2.28. The molecule has 0 atom stereocenters. The predicted octanol–water partition coefficient (Wildman–Crippen LogP) is 1.92. The molecule has 1 heterocycles. The zero-order valence-corrected chi connectivity index (χ0v) is 15.2. The highest BCUT2D eigenvalue weighted by molar-refractivity contribution is 8.04. The lowest BCUT2D eigenvalue weighted by molar-refractivity contribution is -0.139. The number of carbonyl (C=O) groups is 3. The molecule has 1 aromatic carbocycles. The molecule has 0 aromatic heterocycles. The molecule has 0 unspecified atom stereocenters. The monoisotopic (exact) mass is 362 g/mol. The van der Waals surface area contributed by atoms with Gasteiger partial charge in [0, 0.05) is 6.54 Å². The fourth-order valence-electron chi connectivity index (χ4n) is 2.09. The number of hydrogen-bond donors (Lipinski definition) is 1. The average molecular weight is 362 g/mol. The molecular formula is C18H22N2O4S. The van der Waals surface area contributed by atoms with Gasteiger partial charge in [0.25, 0.3) is 0 Å². The van der Waals surface area contributed by atoms with Crippen LogP contribution < -0.4 is 5.32 Å². The van der Waals surface area contributed by atoms with Crippen molar-refractivity contribution < 1.29 is 19.1 Å². The minimum atomic E-state index is -0.534. The average Bonchev–Trinajstić information content (AvgIpc) is 2.92. The number of thioether (sulfide) groups is 1. The van der Waals surface area contributed by atoms with Gasteiger partial charge in [-0.1, -0.05) is 55.9 Å². The third kappa shape index (κ3) is 6.26. The first-order chi connectivity index (χ1) is 12.0. The van der Waals surface area contributed by atoms with Crippen molar-refractivity contribution >= 4 is 29.5 Å². The number of nitrogens with zero attached hydrogens (tertiary/aromatic N) is 1. The Balaban J connectivity index is 1.91. The summed E-state index contributed by atoms with van der Waals surface area (Å²) in [6.45, 7) is 4.61. The van der Waals surface area contributed by atoms with Crippen molar-refractivity contribution in [2.24, 2.45) is 5.92 Å². The largest absolute Gasteiger partial charge is 0.458 e. The van der Waals surface area contributed by atoms with E-state index in [2.05, 4.69) is 5.32 Å². The van der Waals surface area contributed by atoms with E-state index in [1.165, 1.54) is 22.7 Å². The quantitative estimate of drug-likeness (QED) is 0.592. The first kappa shape index (κ1) is 19.1. The first-order valence-electron chi connectivity index (χ1n) is 8.08. The van der Waals surface area contributed by atoms with Crippen molar-refractivity contribution in [1.82, 2.24) is 10.2 Å². The van der Waals surface area contributed by atoms with Crippen LogP contribution in [-0.2, 0) is 25.7 Å². The van der Waals surface area contributed by atoms with Crippen LogP contribution in [-0.4, -0.2) is 41.5 Å². The van der Waals surface area contributed by atoms with E-state index in [0.29, 0.717) is 17.5 Å². The molecule has 1 N–H and O–H groups in total. The molecular weight excluding hydrogens is 340 g/mol. The van der Waals surface area contributed by atoms with Gasteiger partial charge in [0.15, 0.2) is 0 Å². The molecule has 1 saturated heterocycles. The molecule has 0 spiro atoms. The molecule has 7 heteroatoms. The fraction of sp³-hybridized carbons (Fsp3) is 0.389. The number of benzene rings is 1. The molecule has 6 nitrogen and oxygen atoms in total. The maximum Gasteiger partial charge on any atom is 0.333 e. The fourth-order valence-corrected chi connectivity index (χ4v) is 3.02. The van der Waals surface area contributed by atoms with E-state index in [1.807, 2.05) is 44.2 Å². The highest BCUT2D eigenvalue weighted by Crippen LogP contribution is 2.28. The van der Waals surface area contributed by atoms with Gasteiger partial charge in [0.2, 0.25) is 11.8 Å². The molecule has 25 heavy (non-hydrogen) atoms. The number of amides is 2. The Morgan fingerprint density at radius 2 is 2.04 bits per heavy atom. The van der Waals surface area contributed by atoms with Crippen LogP contribution in [0.15, 0.2) is 41.4 Å². The Labute approximate surface area is 151 Å². The summed E-state index contributed by atoms with van der Waals surface area (Å²) in [6, 6.07) is 9.34. The third-order valence-corrected chi connectivity index (χ3v) is 4.41. The summed E-state index contributed by atoms with van der Waals surface area (Å²) in [5.74, 6) is -0.418. The van der Waals surface area contributed by atoms with Crippen LogP contribution in [0.3, 0.4) is 0 Å². The Bertz CT molecular complexity index is 658. The van der Waals surface area contributed by atoms with E-state index in [9.17, 15) is 14.4 Å². The van der Waals surface area contributed by atoms with E-state index >= 15 is 0 Å². The van der Waals surface area contributed by atoms with Gasteiger partial charge in [-0.15, -0.1) is 0 Å². The molecule has 0 saturated carbocycles. The van der Waals surface area contributed by atoms with E-state index in [0.717, 1.165) is 5.56 Å². The second-order valence-electron chi connectivity index (χ2n) is 6.04. The normalized spacial score (nSPS) is 15.7. The third-order valence-electron chi connectivity index (χ3n) is 3.39. The summed E-state index contributed by atoms with van der Waals surface area (Å²) in [5.41, 5.74) is 0.884. The molecule has 0 aliphatic carbocycles. The maximum absolute atomic E-state index is 12.0. The summed E-state index contributed by atoms with van der Waals surface area (Å²) >= 11 is 1.23. The smallest absolute Gasteiger partial charge is 0.333 e. The number of carbonyl (C=O) groups excluding carboxylic acids is 3. The minimum Gasteiger partial charge on any atom is -0.458 e.